The van der Waals surface area contributed by atoms with Crippen LogP contribution in [0.1, 0.15) is 49.4 Å². The number of likely N-dealkylation sites (tertiary alicyclic amines) is 1. The molecule has 2 unspecified atom stereocenters. The highest BCUT2D eigenvalue weighted by Crippen LogP contribution is 2.40. The van der Waals surface area contributed by atoms with Crippen LogP contribution < -0.4 is 10.1 Å². The molecule has 3 atom stereocenters. The molecule has 178 valence electrons. The van der Waals surface area contributed by atoms with Gasteiger partial charge >= 0.3 is 6.09 Å². The number of aliphatic hydroxyl groups is 1. The molecular formula is C25H26ClN3O5. The summed E-state index contributed by atoms with van der Waals surface area (Å²) in [5.41, 5.74) is 0.691. The Morgan fingerprint density at radius 1 is 1.32 bits per heavy atom. The Balaban J connectivity index is 1.49. The first kappa shape index (κ1) is 23.9. The zero-order valence-electron chi connectivity index (χ0n) is 19.0. The third-order valence-corrected chi connectivity index (χ3v) is 6.45. The van der Waals surface area contributed by atoms with Gasteiger partial charge in [0.25, 0.3) is 0 Å². The highest BCUT2D eigenvalue weighted by atomic mass is 35.5. The van der Waals surface area contributed by atoms with Crippen LogP contribution in [0, 0.1) is 11.3 Å². The minimum absolute atomic E-state index is 0.0431. The van der Waals surface area contributed by atoms with Crippen LogP contribution in [0.2, 0.25) is 5.02 Å². The molecule has 0 spiro atoms. The van der Waals surface area contributed by atoms with Gasteiger partial charge in [0.1, 0.15) is 30.1 Å². The molecule has 1 saturated heterocycles. The summed E-state index contributed by atoms with van der Waals surface area (Å²) in [6, 6.07) is 12.4. The number of carbonyl (C=O) groups is 2. The first-order valence-corrected chi connectivity index (χ1v) is 11.5. The van der Waals surface area contributed by atoms with E-state index in [2.05, 4.69) is 11.4 Å². The van der Waals surface area contributed by atoms with Crippen LogP contribution in [0.5, 0.6) is 5.75 Å². The topological polar surface area (TPSA) is 112 Å². The lowest BCUT2D eigenvalue weighted by Crippen LogP contribution is -2.56. The van der Waals surface area contributed by atoms with Gasteiger partial charge in [-0.05, 0) is 62.6 Å². The van der Waals surface area contributed by atoms with E-state index in [-0.39, 0.29) is 6.61 Å². The third kappa shape index (κ3) is 4.81. The summed E-state index contributed by atoms with van der Waals surface area (Å²) < 4.78 is 11.3. The van der Waals surface area contributed by atoms with E-state index in [1.54, 1.807) is 56.3 Å². The molecule has 2 aliphatic rings. The molecular weight excluding hydrogens is 458 g/mol. The number of rotatable bonds is 4. The predicted octanol–water partition coefficient (Wildman–Crippen LogP) is 3.70. The molecule has 2 amide bonds. The first-order valence-electron chi connectivity index (χ1n) is 11.1. The van der Waals surface area contributed by atoms with Gasteiger partial charge < -0.3 is 19.9 Å². The fourth-order valence-corrected chi connectivity index (χ4v) is 4.60. The van der Waals surface area contributed by atoms with Crippen LogP contribution >= 0.6 is 11.6 Å². The summed E-state index contributed by atoms with van der Waals surface area (Å²) in [6.07, 6.45) is -0.520. The molecule has 2 aromatic rings. The van der Waals surface area contributed by atoms with Gasteiger partial charge in [0.2, 0.25) is 5.91 Å². The Kier molecular flexibility index (Phi) is 6.69. The fraction of sp³-hybridized carbons (Fsp3) is 0.400. The van der Waals surface area contributed by atoms with Crippen LogP contribution in [0.3, 0.4) is 0 Å². The molecule has 0 saturated carbocycles. The predicted molar refractivity (Wildman–Crippen MR) is 124 cm³/mol. The van der Waals surface area contributed by atoms with Crippen molar-refractivity contribution in [3.63, 3.8) is 0 Å². The zero-order valence-corrected chi connectivity index (χ0v) is 19.7. The maximum absolute atomic E-state index is 13.3. The molecule has 0 aliphatic carbocycles. The number of hydrogen-bond donors (Lipinski definition) is 2. The van der Waals surface area contributed by atoms with Crippen molar-refractivity contribution in [2.75, 3.05) is 6.54 Å². The number of benzene rings is 2. The van der Waals surface area contributed by atoms with Crippen LogP contribution in [-0.4, -0.2) is 46.3 Å². The minimum Gasteiger partial charge on any atom is -0.485 e. The van der Waals surface area contributed by atoms with Gasteiger partial charge in [0.05, 0.1) is 17.7 Å². The molecule has 34 heavy (non-hydrogen) atoms. The Morgan fingerprint density at radius 3 is 2.85 bits per heavy atom. The van der Waals surface area contributed by atoms with Crippen LogP contribution in [-0.2, 0) is 16.1 Å². The molecule has 8 nitrogen and oxygen atoms in total. The van der Waals surface area contributed by atoms with Crippen molar-refractivity contribution in [1.29, 1.82) is 5.26 Å². The van der Waals surface area contributed by atoms with E-state index < -0.39 is 35.8 Å². The number of nitrogens with one attached hydrogen (secondary N) is 1. The quantitative estimate of drug-likeness (QED) is 0.685. The van der Waals surface area contributed by atoms with Gasteiger partial charge in [-0.3, -0.25) is 9.69 Å². The number of nitrogens with zero attached hydrogens (tertiary/aromatic N) is 2. The Bertz CT molecular complexity index is 1150. The third-order valence-electron chi connectivity index (χ3n) is 6.21. The Morgan fingerprint density at radius 2 is 2.12 bits per heavy atom. The van der Waals surface area contributed by atoms with Crippen LogP contribution in [0.25, 0.3) is 0 Å². The average molecular weight is 484 g/mol. The number of carbonyl (C=O) groups excluding carboxylic acids is 2. The van der Waals surface area contributed by atoms with Crippen molar-refractivity contribution in [3.05, 3.63) is 64.2 Å². The van der Waals surface area contributed by atoms with Crippen LogP contribution in [0.4, 0.5) is 4.79 Å². The second-order valence-electron chi connectivity index (χ2n) is 9.04. The average Bonchev–Trinajstić information content (AvgIpc) is 3.30. The number of fused-ring (bicyclic) bond motifs is 1. The van der Waals surface area contributed by atoms with Crippen molar-refractivity contribution in [3.8, 4) is 11.8 Å². The van der Waals surface area contributed by atoms with E-state index in [0.717, 1.165) is 5.56 Å². The largest absolute Gasteiger partial charge is 0.485 e. The molecule has 2 N–H and O–H groups in total. The van der Waals surface area contributed by atoms with E-state index in [9.17, 15) is 20.0 Å². The summed E-state index contributed by atoms with van der Waals surface area (Å²) in [7, 11) is 0. The van der Waals surface area contributed by atoms with Crippen molar-refractivity contribution < 1.29 is 24.2 Å². The van der Waals surface area contributed by atoms with Crippen molar-refractivity contribution in [1.82, 2.24) is 10.2 Å². The van der Waals surface area contributed by atoms with E-state index in [0.29, 0.717) is 41.3 Å². The molecule has 4 rings (SSSR count). The van der Waals surface area contributed by atoms with E-state index in [1.807, 2.05) is 0 Å². The molecule has 0 bridgehead atoms. The summed E-state index contributed by atoms with van der Waals surface area (Å²) in [6.45, 7) is 3.89. The van der Waals surface area contributed by atoms with E-state index >= 15 is 0 Å². The maximum atomic E-state index is 13.3. The highest BCUT2D eigenvalue weighted by molar-refractivity contribution is 6.30. The number of amides is 2. The second kappa shape index (κ2) is 9.53. The second-order valence-corrected chi connectivity index (χ2v) is 9.47. The summed E-state index contributed by atoms with van der Waals surface area (Å²) >= 11 is 5.98. The van der Waals surface area contributed by atoms with Gasteiger partial charge in [-0.15, -0.1) is 0 Å². The van der Waals surface area contributed by atoms with Crippen molar-refractivity contribution in [2.45, 2.75) is 57.1 Å². The van der Waals surface area contributed by atoms with E-state index in [4.69, 9.17) is 21.1 Å². The molecule has 9 heteroatoms. The smallest absolute Gasteiger partial charge is 0.410 e. The van der Waals surface area contributed by atoms with Gasteiger partial charge in [0, 0.05) is 17.1 Å². The lowest BCUT2D eigenvalue weighted by molar-refractivity contribution is -0.129. The zero-order chi connectivity index (χ0) is 24.5. The number of halogens is 1. The number of hydrogen-bond acceptors (Lipinski definition) is 6. The van der Waals surface area contributed by atoms with Gasteiger partial charge in [-0.1, -0.05) is 23.7 Å². The lowest BCUT2D eigenvalue weighted by Gasteiger charge is -2.42. The lowest BCUT2D eigenvalue weighted by atomic mass is 9.85. The van der Waals surface area contributed by atoms with Gasteiger partial charge in [-0.2, -0.15) is 5.26 Å². The summed E-state index contributed by atoms with van der Waals surface area (Å²) in [5, 5.41) is 23.7. The highest BCUT2D eigenvalue weighted by Gasteiger charge is 2.45. The fourth-order valence-electron chi connectivity index (χ4n) is 4.39. The molecule has 2 aromatic carbocycles. The Hall–Kier alpha value is -3.28. The SMILES string of the molecule is CC1(C)Oc2ccc(C#N)cc2C(NC(=O)[C@@H]2CCCN2C(=O)OCc2cccc(Cl)c2)C1O. The van der Waals surface area contributed by atoms with Crippen LogP contribution in [0.15, 0.2) is 42.5 Å². The summed E-state index contributed by atoms with van der Waals surface area (Å²) in [4.78, 5) is 27.4. The maximum Gasteiger partial charge on any atom is 0.410 e. The standard InChI is InChI=1S/C25H26ClN3O5/c1-25(2)22(30)21(18-12-15(13-27)8-9-20(18)34-25)28-23(31)19-7-4-10-29(19)24(32)33-14-16-5-3-6-17(26)11-16/h3,5-6,8-9,11-12,19,21-22,30H,4,7,10,14H2,1-2H3,(H,28,31)/t19-,21?,22?/m0/s1. The van der Waals surface area contributed by atoms with Crippen molar-refractivity contribution >= 4 is 23.6 Å². The monoisotopic (exact) mass is 483 g/mol. The minimum atomic E-state index is -1.07. The molecule has 2 heterocycles. The molecule has 0 aromatic heterocycles. The molecule has 0 radical (unpaired) electrons. The Labute approximate surface area is 203 Å². The van der Waals surface area contributed by atoms with Gasteiger partial charge in [0.15, 0.2) is 0 Å². The normalized spacial score (nSPS) is 22.8. The van der Waals surface area contributed by atoms with Crippen molar-refractivity contribution in [2.24, 2.45) is 0 Å². The first-order chi connectivity index (χ1) is 16.2. The number of nitriles is 1. The van der Waals surface area contributed by atoms with Gasteiger partial charge in [-0.25, -0.2) is 4.79 Å². The summed E-state index contributed by atoms with van der Waals surface area (Å²) in [5.74, 6) is 0.0936. The van der Waals surface area contributed by atoms with E-state index in [1.165, 1.54) is 4.90 Å². The number of ether oxygens (including phenoxy) is 2. The number of aliphatic hydroxyl groups excluding tert-OH is 1. The molecule has 2 aliphatic heterocycles. The molecule has 1 fully saturated rings.